The van der Waals surface area contributed by atoms with Crippen molar-refractivity contribution in [3.8, 4) is 0 Å². The van der Waals surface area contributed by atoms with Gasteiger partial charge in [0.2, 0.25) is 11.8 Å². The van der Waals surface area contributed by atoms with E-state index >= 15 is 0 Å². The molecule has 2 amide bonds. The number of carbonyl (C=O) groups excluding carboxylic acids is 2. The molecular weight excluding hydrogens is 236 g/mol. The molecule has 1 unspecified atom stereocenters. The molecular formula is C12H24N2O2S. The Hall–Kier alpha value is -0.710. The second kappa shape index (κ2) is 7.58. The lowest BCUT2D eigenvalue weighted by Crippen LogP contribution is -2.34. The second-order valence-corrected chi connectivity index (χ2v) is 5.93. The van der Waals surface area contributed by atoms with E-state index in [1.54, 1.807) is 0 Å². The lowest BCUT2D eigenvalue weighted by molar-refractivity contribution is -0.120. The maximum absolute atomic E-state index is 10.8. The molecule has 0 aromatic rings. The normalized spacial score (nSPS) is 13.0. The zero-order chi connectivity index (χ0) is 13.5. The highest BCUT2D eigenvalue weighted by Crippen LogP contribution is 2.25. The number of nitrogens with one attached hydrogen (secondary N) is 2. The summed E-state index contributed by atoms with van der Waals surface area (Å²) in [7, 11) is 0. The molecule has 0 aliphatic rings. The molecule has 5 heteroatoms. The van der Waals surface area contributed by atoms with Crippen molar-refractivity contribution in [3.63, 3.8) is 0 Å². The minimum absolute atomic E-state index is 0.00737. The second-order valence-electron chi connectivity index (χ2n) is 5.20. The smallest absolute Gasteiger partial charge is 0.216 e. The molecule has 0 aromatic heterocycles. The van der Waals surface area contributed by atoms with Gasteiger partial charge < -0.3 is 10.6 Å². The molecule has 0 heterocycles. The van der Waals surface area contributed by atoms with E-state index in [4.69, 9.17) is 0 Å². The summed E-state index contributed by atoms with van der Waals surface area (Å²) in [5.41, 5.74) is 0.0221. The molecule has 0 fully saturated rings. The lowest BCUT2D eigenvalue weighted by atomic mass is 9.87. The standard InChI is InChI=1S/C12H24N2O2S/c1-9(15)13-6-5-11(17)7-12(3,4)8-14-10(2)16/h11,17H,5-8H2,1-4H3,(H,13,15)(H,14,16). The van der Waals surface area contributed by atoms with Crippen LogP contribution in [0, 0.1) is 5.41 Å². The Morgan fingerprint density at radius 2 is 1.71 bits per heavy atom. The number of hydrogen-bond acceptors (Lipinski definition) is 3. The van der Waals surface area contributed by atoms with Gasteiger partial charge in [0, 0.05) is 32.2 Å². The van der Waals surface area contributed by atoms with E-state index < -0.39 is 0 Å². The first kappa shape index (κ1) is 16.3. The summed E-state index contributed by atoms with van der Waals surface area (Å²) < 4.78 is 0. The van der Waals surface area contributed by atoms with Crippen LogP contribution in [0.3, 0.4) is 0 Å². The molecule has 2 N–H and O–H groups in total. The summed E-state index contributed by atoms with van der Waals surface area (Å²) in [6, 6.07) is 0. The van der Waals surface area contributed by atoms with Crippen molar-refractivity contribution in [2.75, 3.05) is 13.1 Å². The van der Waals surface area contributed by atoms with Gasteiger partial charge in [-0.3, -0.25) is 9.59 Å². The molecule has 0 aromatic carbocycles. The molecule has 17 heavy (non-hydrogen) atoms. The Morgan fingerprint density at radius 1 is 1.18 bits per heavy atom. The Kier molecular flexibility index (Phi) is 7.27. The van der Waals surface area contributed by atoms with E-state index in [2.05, 4.69) is 37.1 Å². The summed E-state index contributed by atoms with van der Waals surface area (Å²) in [5, 5.41) is 5.81. The molecule has 0 aliphatic heterocycles. The van der Waals surface area contributed by atoms with Crippen LogP contribution in [-0.4, -0.2) is 30.2 Å². The van der Waals surface area contributed by atoms with Gasteiger partial charge in [-0.1, -0.05) is 13.8 Å². The Labute approximate surface area is 109 Å². The average molecular weight is 260 g/mol. The average Bonchev–Trinajstić information content (AvgIpc) is 2.13. The van der Waals surface area contributed by atoms with Crippen molar-refractivity contribution < 1.29 is 9.59 Å². The topological polar surface area (TPSA) is 58.2 Å². The molecule has 0 spiro atoms. The zero-order valence-corrected chi connectivity index (χ0v) is 12.1. The molecule has 0 rings (SSSR count). The SMILES string of the molecule is CC(=O)NCCC(S)CC(C)(C)CNC(C)=O. The van der Waals surface area contributed by atoms with Crippen LogP contribution >= 0.6 is 12.6 Å². The number of amides is 2. The number of hydrogen-bond donors (Lipinski definition) is 3. The third-order valence-corrected chi connectivity index (χ3v) is 2.90. The van der Waals surface area contributed by atoms with E-state index in [1.165, 1.54) is 13.8 Å². The summed E-state index contributed by atoms with van der Waals surface area (Å²) in [5.74, 6) is -0.0184. The van der Waals surface area contributed by atoms with Crippen LogP contribution in [-0.2, 0) is 9.59 Å². The van der Waals surface area contributed by atoms with Gasteiger partial charge in [-0.2, -0.15) is 12.6 Å². The number of rotatable bonds is 7. The molecule has 0 aliphatic carbocycles. The minimum atomic E-state index is -0.0111. The zero-order valence-electron chi connectivity index (χ0n) is 11.2. The monoisotopic (exact) mass is 260 g/mol. The Morgan fingerprint density at radius 3 is 2.18 bits per heavy atom. The van der Waals surface area contributed by atoms with E-state index in [1.807, 2.05) is 0 Å². The van der Waals surface area contributed by atoms with Crippen molar-refractivity contribution in [2.24, 2.45) is 5.41 Å². The molecule has 0 saturated carbocycles. The number of carbonyl (C=O) groups is 2. The third-order valence-electron chi connectivity index (χ3n) is 2.46. The molecule has 4 nitrogen and oxygen atoms in total. The molecule has 0 saturated heterocycles. The fourth-order valence-corrected chi connectivity index (χ4v) is 2.21. The van der Waals surface area contributed by atoms with Gasteiger partial charge in [-0.25, -0.2) is 0 Å². The van der Waals surface area contributed by atoms with Crippen LogP contribution < -0.4 is 10.6 Å². The van der Waals surface area contributed by atoms with Gasteiger partial charge in [-0.15, -0.1) is 0 Å². The molecule has 1 atom stereocenters. The largest absolute Gasteiger partial charge is 0.356 e. The van der Waals surface area contributed by atoms with Crippen molar-refractivity contribution in [1.82, 2.24) is 10.6 Å². The Bertz CT molecular complexity index is 267. The van der Waals surface area contributed by atoms with Crippen LogP contribution in [0.15, 0.2) is 0 Å². The quantitative estimate of drug-likeness (QED) is 0.605. The summed E-state index contributed by atoms with van der Waals surface area (Å²) in [6.45, 7) is 8.54. The predicted molar refractivity (Wildman–Crippen MR) is 73.2 cm³/mol. The highest BCUT2D eigenvalue weighted by atomic mass is 32.1. The van der Waals surface area contributed by atoms with Crippen molar-refractivity contribution in [1.29, 1.82) is 0 Å². The fourth-order valence-electron chi connectivity index (χ4n) is 1.59. The van der Waals surface area contributed by atoms with Gasteiger partial charge in [0.05, 0.1) is 0 Å². The first-order valence-corrected chi connectivity index (χ1v) is 6.41. The third kappa shape index (κ3) is 10.2. The first-order valence-electron chi connectivity index (χ1n) is 5.90. The van der Waals surface area contributed by atoms with Crippen LogP contribution in [0.2, 0.25) is 0 Å². The lowest BCUT2D eigenvalue weighted by Gasteiger charge is -2.27. The molecule has 100 valence electrons. The van der Waals surface area contributed by atoms with Gasteiger partial charge >= 0.3 is 0 Å². The van der Waals surface area contributed by atoms with Gasteiger partial charge in [-0.05, 0) is 18.3 Å². The molecule has 0 bridgehead atoms. The van der Waals surface area contributed by atoms with Gasteiger partial charge in [0.25, 0.3) is 0 Å². The van der Waals surface area contributed by atoms with E-state index in [-0.39, 0.29) is 22.5 Å². The maximum Gasteiger partial charge on any atom is 0.216 e. The van der Waals surface area contributed by atoms with Crippen LogP contribution in [0.5, 0.6) is 0 Å². The van der Waals surface area contributed by atoms with Crippen LogP contribution in [0.25, 0.3) is 0 Å². The van der Waals surface area contributed by atoms with Crippen molar-refractivity contribution >= 4 is 24.4 Å². The molecule has 0 radical (unpaired) electrons. The Balaban J connectivity index is 3.87. The predicted octanol–water partition coefficient (Wildman–Crippen LogP) is 1.36. The van der Waals surface area contributed by atoms with Crippen LogP contribution in [0.4, 0.5) is 0 Å². The summed E-state index contributed by atoms with van der Waals surface area (Å²) >= 11 is 4.51. The van der Waals surface area contributed by atoms with E-state index in [0.717, 1.165) is 12.8 Å². The number of thiol groups is 1. The van der Waals surface area contributed by atoms with Gasteiger partial charge in [0.15, 0.2) is 0 Å². The van der Waals surface area contributed by atoms with Gasteiger partial charge in [0.1, 0.15) is 0 Å². The summed E-state index contributed by atoms with van der Waals surface area (Å²) in [6.07, 6.45) is 1.74. The van der Waals surface area contributed by atoms with Crippen LogP contribution in [0.1, 0.15) is 40.5 Å². The summed E-state index contributed by atoms with van der Waals surface area (Å²) in [4.78, 5) is 21.5. The van der Waals surface area contributed by atoms with Crippen molar-refractivity contribution in [3.05, 3.63) is 0 Å². The first-order chi connectivity index (χ1) is 7.73. The van der Waals surface area contributed by atoms with E-state index in [9.17, 15) is 9.59 Å². The highest BCUT2D eigenvalue weighted by molar-refractivity contribution is 7.80. The minimum Gasteiger partial charge on any atom is -0.356 e. The van der Waals surface area contributed by atoms with Crippen molar-refractivity contribution in [2.45, 2.75) is 45.8 Å². The highest BCUT2D eigenvalue weighted by Gasteiger charge is 2.21. The maximum atomic E-state index is 10.8. The van der Waals surface area contributed by atoms with E-state index in [0.29, 0.717) is 13.1 Å². The fraction of sp³-hybridized carbons (Fsp3) is 0.833.